The predicted octanol–water partition coefficient (Wildman–Crippen LogP) is 3.43. The molecule has 0 radical (unpaired) electrons. The number of hydrogen-bond donors (Lipinski definition) is 2. The van der Waals surface area contributed by atoms with Gasteiger partial charge in [-0.15, -0.1) is 12.4 Å². The van der Waals surface area contributed by atoms with Gasteiger partial charge in [-0.3, -0.25) is 4.79 Å². The summed E-state index contributed by atoms with van der Waals surface area (Å²) in [6.45, 7) is 3.89. The second-order valence-corrected chi connectivity index (χ2v) is 6.65. The summed E-state index contributed by atoms with van der Waals surface area (Å²) >= 11 is 5.90. The number of nitrogens with two attached hydrogens (primary N) is 1. The van der Waals surface area contributed by atoms with E-state index in [1.165, 1.54) is 0 Å². The highest BCUT2D eigenvalue weighted by Crippen LogP contribution is 2.26. The summed E-state index contributed by atoms with van der Waals surface area (Å²) in [5.74, 6) is 0.0697. The van der Waals surface area contributed by atoms with E-state index in [1.807, 2.05) is 38.1 Å². The first-order valence-electron chi connectivity index (χ1n) is 7.22. The molecule has 1 fully saturated rings. The minimum absolute atomic E-state index is 0. The maximum Gasteiger partial charge on any atom is 0.230 e. The fraction of sp³-hybridized carbons (Fsp3) is 0.562. The van der Waals surface area contributed by atoms with Gasteiger partial charge in [-0.2, -0.15) is 0 Å². The van der Waals surface area contributed by atoms with Gasteiger partial charge in [-0.05, 0) is 57.2 Å². The first kappa shape index (κ1) is 18.3. The molecule has 0 bridgehead atoms. The van der Waals surface area contributed by atoms with Crippen LogP contribution in [0.15, 0.2) is 24.3 Å². The molecule has 0 aromatic heterocycles. The SMILES string of the molecule is CC(C)(C(=O)NC1CCC(N)CC1)c1ccc(Cl)cc1.Cl. The standard InChI is InChI=1S/C16H23ClN2O.ClH/c1-16(2,11-3-5-12(17)6-4-11)15(20)19-14-9-7-13(18)8-10-14;/h3-6,13-14H,7-10,18H2,1-2H3,(H,19,20);1H. The minimum atomic E-state index is -0.551. The molecule has 3 nitrogen and oxygen atoms in total. The van der Waals surface area contributed by atoms with Crippen molar-refractivity contribution in [2.24, 2.45) is 5.73 Å². The van der Waals surface area contributed by atoms with Crippen molar-refractivity contribution in [3.63, 3.8) is 0 Å². The van der Waals surface area contributed by atoms with E-state index < -0.39 is 5.41 Å². The molecule has 1 aliphatic rings. The zero-order valence-electron chi connectivity index (χ0n) is 12.6. The van der Waals surface area contributed by atoms with Gasteiger partial charge in [0, 0.05) is 17.1 Å². The van der Waals surface area contributed by atoms with E-state index in [2.05, 4.69) is 5.32 Å². The topological polar surface area (TPSA) is 55.1 Å². The summed E-state index contributed by atoms with van der Waals surface area (Å²) in [5, 5.41) is 3.85. The van der Waals surface area contributed by atoms with Crippen LogP contribution in [0.5, 0.6) is 0 Å². The van der Waals surface area contributed by atoms with Crippen molar-refractivity contribution in [1.82, 2.24) is 5.32 Å². The highest BCUT2D eigenvalue weighted by atomic mass is 35.5. The molecule has 0 aliphatic heterocycles. The van der Waals surface area contributed by atoms with Gasteiger partial charge in [0.25, 0.3) is 0 Å². The first-order chi connectivity index (χ1) is 9.39. The van der Waals surface area contributed by atoms with Gasteiger partial charge in [0.1, 0.15) is 0 Å². The van der Waals surface area contributed by atoms with E-state index in [0.29, 0.717) is 11.1 Å². The molecule has 1 aromatic rings. The third-order valence-corrected chi connectivity index (χ3v) is 4.49. The van der Waals surface area contributed by atoms with Crippen LogP contribution in [0.25, 0.3) is 0 Å². The fourth-order valence-corrected chi connectivity index (χ4v) is 2.75. The Morgan fingerprint density at radius 3 is 2.24 bits per heavy atom. The highest BCUT2D eigenvalue weighted by Gasteiger charge is 2.32. The van der Waals surface area contributed by atoms with Crippen molar-refractivity contribution < 1.29 is 4.79 Å². The zero-order chi connectivity index (χ0) is 14.8. The Morgan fingerprint density at radius 1 is 1.19 bits per heavy atom. The average Bonchev–Trinajstić information content (AvgIpc) is 2.42. The van der Waals surface area contributed by atoms with E-state index in [0.717, 1.165) is 31.2 Å². The van der Waals surface area contributed by atoms with Crippen LogP contribution in [0.3, 0.4) is 0 Å². The Labute approximate surface area is 138 Å². The summed E-state index contributed by atoms with van der Waals surface area (Å²) in [4.78, 5) is 12.5. The van der Waals surface area contributed by atoms with Crippen molar-refractivity contribution in [1.29, 1.82) is 0 Å². The van der Waals surface area contributed by atoms with Crippen molar-refractivity contribution >= 4 is 29.9 Å². The molecule has 1 amide bonds. The second kappa shape index (κ2) is 7.48. The van der Waals surface area contributed by atoms with Crippen molar-refractivity contribution in [2.45, 2.75) is 57.0 Å². The number of hydrogen-bond acceptors (Lipinski definition) is 2. The van der Waals surface area contributed by atoms with Crippen molar-refractivity contribution in [3.05, 3.63) is 34.9 Å². The van der Waals surface area contributed by atoms with Crippen molar-refractivity contribution in [3.8, 4) is 0 Å². The molecule has 118 valence electrons. The molecular formula is C16H24Cl2N2O. The number of amides is 1. The minimum Gasteiger partial charge on any atom is -0.353 e. The number of rotatable bonds is 3. The molecule has 21 heavy (non-hydrogen) atoms. The third kappa shape index (κ3) is 4.60. The Kier molecular flexibility index (Phi) is 6.51. The summed E-state index contributed by atoms with van der Waals surface area (Å²) in [7, 11) is 0. The van der Waals surface area contributed by atoms with Gasteiger partial charge >= 0.3 is 0 Å². The lowest BCUT2D eigenvalue weighted by molar-refractivity contribution is -0.126. The molecular weight excluding hydrogens is 307 g/mol. The normalized spacial score (nSPS) is 22.3. The van der Waals surface area contributed by atoms with Gasteiger partial charge in [0.2, 0.25) is 5.91 Å². The zero-order valence-corrected chi connectivity index (χ0v) is 14.1. The van der Waals surface area contributed by atoms with E-state index in [-0.39, 0.29) is 24.4 Å². The molecule has 0 saturated heterocycles. The molecule has 0 heterocycles. The fourth-order valence-electron chi connectivity index (χ4n) is 2.63. The van der Waals surface area contributed by atoms with Gasteiger partial charge in [0.05, 0.1) is 5.41 Å². The van der Waals surface area contributed by atoms with Crippen LogP contribution >= 0.6 is 24.0 Å². The molecule has 0 unspecified atom stereocenters. The lowest BCUT2D eigenvalue weighted by atomic mass is 9.82. The lowest BCUT2D eigenvalue weighted by Gasteiger charge is -2.31. The summed E-state index contributed by atoms with van der Waals surface area (Å²) in [5.41, 5.74) is 6.32. The van der Waals surface area contributed by atoms with Gasteiger partial charge in [0.15, 0.2) is 0 Å². The quantitative estimate of drug-likeness (QED) is 0.892. The van der Waals surface area contributed by atoms with Gasteiger partial charge in [-0.1, -0.05) is 23.7 Å². The smallest absolute Gasteiger partial charge is 0.230 e. The van der Waals surface area contributed by atoms with E-state index >= 15 is 0 Å². The van der Waals surface area contributed by atoms with Crippen LogP contribution in [0.2, 0.25) is 5.02 Å². The van der Waals surface area contributed by atoms with Crippen LogP contribution in [-0.2, 0) is 10.2 Å². The molecule has 1 aliphatic carbocycles. The first-order valence-corrected chi connectivity index (χ1v) is 7.60. The van der Waals surface area contributed by atoms with Crippen LogP contribution in [-0.4, -0.2) is 18.0 Å². The lowest BCUT2D eigenvalue weighted by Crippen LogP contribution is -2.47. The summed E-state index contributed by atoms with van der Waals surface area (Å²) in [6.07, 6.45) is 3.94. The molecule has 1 saturated carbocycles. The highest BCUT2D eigenvalue weighted by molar-refractivity contribution is 6.30. The van der Waals surface area contributed by atoms with Gasteiger partial charge < -0.3 is 11.1 Å². The van der Waals surface area contributed by atoms with Crippen LogP contribution < -0.4 is 11.1 Å². The molecule has 0 atom stereocenters. The van der Waals surface area contributed by atoms with Crippen molar-refractivity contribution in [2.75, 3.05) is 0 Å². The molecule has 0 spiro atoms. The number of carbonyl (C=O) groups excluding carboxylic acids is 1. The monoisotopic (exact) mass is 330 g/mol. The third-order valence-electron chi connectivity index (χ3n) is 4.24. The molecule has 3 N–H and O–H groups in total. The maximum atomic E-state index is 12.5. The largest absolute Gasteiger partial charge is 0.353 e. The summed E-state index contributed by atoms with van der Waals surface area (Å²) in [6, 6.07) is 8.04. The predicted molar refractivity (Wildman–Crippen MR) is 90.1 cm³/mol. The molecule has 2 rings (SSSR count). The summed E-state index contributed by atoms with van der Waals surface area (Å²) < 4.78 is 0. The molecule has 5 heteroatoms. The maximum absolute atomic E-state index is 12.5. The van der Waals surface area contributed by atoms with E-state index in [1.54, 1.807) is 0 Å². The Morgan fingerprint density at radius 2 is 1.71 bits per heavy atom. The number of carbonyl (C=O) groups is 1. The second-order valence-electron chi connectivity index (χ2n) is 6.22. The van der Waals surface area contributed by atoms with Crippen LogP contribution in [0.1, 0.15) is 45.1 Å². The average molecular weight is 331 g/mol. The Balaban J connectivity index is 0.00000220. The molecule has 1 aromatic carbocycles. The Hall–Kier alpha value is -0.770. The van der Waals surface area contributed by atoms with E-state index in [9.17, 15) is 4.79 Å². The number of halogens is 2. The van der Waals surface area contributed by atoms with E-state index in [4.69, 9.17) is 17.3 Å². The number of nitrogens with one attached hydrogen (secondary N) is 1. The van der Waals surface area contributed by atoms with Crippen LogP contribution in [0, 0.1) is 0 Å². The van der Waals surface area contributed by atoms with Crippen LogP contribution in [0.4, 0.5) is 0 Å². The Bertz CT molecular complexity index is 466. The number of benzene rings is 1. The van der Waals surface area contributed by atoms with Gasteiger partial charge in [-0.25, -0.2) is 0 Å².